The lowest BCUT2D eigenvalue weighted by Gasteiger charge is -2.33. The van der Waals surface area contributed by atoms with Crippen LogP contribution < -0.4 is 5.56 Å². The number of benzene rings is 1. The van der Waals surface area contributed by atoms with Crippen LogP contribution in [0.4, 0.5) is 4.39 Å². The molecule has 1 aliphatic heterocycles. The van der Waals surface area contributed by atoms with Gasteiger partial charge in [0.2, 0.25) is 5.56 Å². The summed E-state index contributed by atoms with van der Waals surface area (Å²) in [5.74, 6) is -1.82. The number of rotatable bonds is 2. The lowest BCUT2D eigenvalue weighted by molar-refractivity contribution is -0.141. The molecule has 2 aromatic rings. The Labute approximate surface area is 148 Å². The molecule has 1 saturated carbocycles. The lowest BCUT2D eigenvalue weighted by Crippen LogP contribution is -2.46. The van der Waals surface area contributed by atoms with E-state index in [1.807, 2.05) is 0 Å². The van der Waals surface area contributed by atoms with Crippen molar-refractivity contribution in [1.29, 1.82) is 0 Å². The van der Waals surface area contributed by atoms with Crippen LogP contribution in [0, 0.1) is 11.7 Å². The summed E-state index contributed by atoms with van der Waals surface area (Å²) in [7, 11) is 0. The van der Waals surface area contributed by atoms with Gasteiger partial charge in [-0.25, -0.2) is 9.18 Å². The first-order valence-electron chi connectivity index (χ1n) is 8.84. The number of carboxylic acid groups (broad SMARTS) is 1. The minimum Gasteiger partial charge on any atom is -0.480 e. The first-order valence-corrected chi connectivity index (χ1v) is 8.84. The summed E-state index contributed by atoms with van der Waals surface area (Å²) in [5.41, 5.74) is -0.161. The van der Waals surface area contributed by atoms with Crippen LogP contribution in [0.15, 0.2) is 29.1 Å². The number of aromatic nitrogens is 1. The fourth-order valence-electron chi connectivity index (χ4n) is 4.52. The number of likely N-dealkylation sites (tertiary alicyclic amines) is 1. The first kappa shape index (κ1) is 16.8. The summed E-state index contributed by atoms with van der Waals surface area (Å²) < 4.78 is 13.5. The van der Waals surface area contributed by atoms with Gasteiger partial charge in [-0.2, -0.15) is 0 Å². The van der Waals surface area contributed by atoms with Crippen molar-refractivity contribution in [3.8, 4) is 0 Å². The maximum absolute atomic E-state index is 13.5. The molecule has 1 aromatic carbocycles. The molecule has 2 N–H and O–H groups in total. The van der Waals surface area contributed by atoms with Crippen LogP contribution in [-0.2, 0) is 4.79 Å². The highest BCUT2D eigenvalue weighted by atomic mass is 19.1. The molecule has 2 heterocycles. The van der Waals surface area contributed by atoms with E-state index in [1.165, 1.54) is 23.1 Å². The van der Waals surface area contributed by atoms with Gasteiger partial charge < -0.3 is 15.0 Å². The van der Waals surface area contributed by atoms with E-state index in [9.17, 15) is 23.9 Å². The molecule has 0 radical (unpaired) electrons. The summed E-state index contributed by atoms with van der Waals surface area (Å²) >= 11 is 0. The molecule has 4 rings (SSSR count). The average Bonchev–Trinajstić information content (AvgIpc) is 3.00. The normalized spacial score (nSPS) is 25.3. The highest BCUT2D eigenvalue weighted by Gasteiger charge is 2.47. The first-order chi connectivity index (χ1) is 12.5. The van der Waals surface area contributed by atoms with Crippen molar-refractivity contribution in [2.45, 2.75) is 44.2 Å². The molecule has 1 aliphatic carbocycles. The molecule has 26 heavy (non-hydrogen) atoms. The summed E-state index contributed by atoms with van der Waals surface area (Å²) in [6.45, 7) is 0. The van der Waals surface area contributed by atoms with Gasteiger partial charge in [-0.15, -0.1) is 0 Å². The van der Waals surface area contributed by atoms with E-state index in [-0.39, 0.29) is 23.0 Å². The number of nitrogens with one attached hydrogen (secondary N) is 1. The lowest BCUT2D eigenvalue weighted by atomic mass is 9.84. The highest BCUT2D eigenvalue weighted by molar-refractivity contribution is 6.07. The molecule has 1 aromatic heterocycles. The van der Waals surface area contributed by atoms with Crippen molar-refractivity contribution in [3.63, 3.8) is 0 Å². The van der Waals surface area contributed by atoms with E-state index in [4.69, 9.17) is 0 Å². The van der Waals surface area contributed by atoms with E-state index in [0.29, 0.717) is 11.8 Å². The van der Waals surface area contributed by atoms with Gasteiger partial charge in [0.25, 0.3) is 5.91 Å². The van der Waals surface area contributed by atoms with Crippen LogP contribution in [0.5, 0.6) is 0 Å². The zero-order valence-corrected chi connectivity index (χ0v) is 14.1. The zero-order chi connectivity index (χ0) is 18.4. The number of pyridine rings is 1. The minimum atomic E-state index is -1.02. The number of hydrogen-bond donors (Lipinski definition) is 2. The van der Waals surface area contributed by atoms with E-state index in [1.54, 1.807) is 0 Å². The number of aliphatic carboxylic acids is 1. The van der Waals surface area contributed by atoms with E-state index in [2.05, 4.69) is 4.98 Å². The Kier molecular flexibility index (Phi) is 4.01. The molecule has 0 bridgehead atoms. The van der Waals surface area contributed by atoms with Crippen LogP contribution in [0.3, 0.4) is 0 Å². The third-order valence-corrected chi connectivity index (χ3v) is 5.64. The van der Waals surface area contributed by atoms with Crippen molar-refractivity contribution < 1.29 is 19.1 Å². The highest BCUT2D eigenvalue weighted by Crippen LogP contribution is 2.40. The van der Waals surface area contributed by atoms with Crippen LogP contribution in [0.1, 0.15) is 42.5 Å². The van der Waals surface area contributed by atoms with Gasteiger partial charge in [0.05, 0.1) is 11.1 Å². The Morgan fingerprint density at radius 3 is 2.73 bits per heavy atom. The third kappa shape index (κ3) is 2.67. The van der Waals surface area contributed by atoms with E-state index in [0.717, 1.165) is 31.7 Å². The van der Waals surface area contributed by atoms with Crippen molar-refractivity contribution in [1.82, 2.24) is 9.88 Å². The van der Waals surface area contributed by atoms with Crippen molar-refractivity contribution in [2.75, 3.05) is 0 Å². The molecular formula is C19H19FN2O4. The quantitative estimate of drug-likeness (QED) is 0.863. The Morgan fingerprint density at radius 1 is 1.19 bits per heavy atom. The Balaban J connectivity index is 1.82. The zero-order valence-electron chi connectivity index (χ0n) is 14.1. The van der Waals surface area contributed by atoms with E-state index < -0.39 is 29.3 Å². The topological polar surface area (TPSA) is 90.5 Å². The number of aromatic amines is 1. The number of carbonyl (C=O) groups excluding carboxylic acids is 1. The van der Waals surface area contributed by atoms with Crippen LogP contribution in [-0.4, -0.2) is 39.0 Å². The molecule has 7 heteroatoms. The molecule has 6 nitrogen and oxygen atoms in total. The summed E-state index contributed by atoms with van der Waals surface area (Å²) in [6.07, 6.45) is 4.14. The van der Waals surface area contributed by atoms with Gasteiger partial charge in [0.1, 0.15) is 11.9 Å². The smallest absolute Gasteiger partial charge is 0.326 e. The van der Waals surface area contributed by atoms with E-state index >= 15 is 0 Å². The number of carbonyl (C=O) groups is 2. The monoisotopic (exact) mass is 358 g/mol. The maximum Gasteiger partial charge on any atom is 0.326 e. The molecule has 2 fully saturated rings. The summed E-state index contributed by atoms with van der Waals surface area (Å²) in [5, 5.41) is 10.0. The SMILES string of the molecule is O=C(O)[C@@H]1C[C@@H]2CCCC[C@@H]2N1C(=O)c1cc(=O)[nH]c2cc(F)ccc12. The second-order valence-electron chi connectivity index (χ2n) is 7.15. The van der Waals surface area contributed by atoms with Gasteiger partial charge in [-0.05, 0) is 43.4 Å². The summed E-state index contributed by atoms with van der Waals surface area (Å²) in [6, 6.07) is 4.00. The summed E-state index contributed by atoms with van der Waals surface area (Å²) in [4.78, 5) is 41.0. The largest absolute Gasteiger partial charge is 0.480 e. The van der Waals surface area contributed by atoms with Crippen molar-refractivity contribution in [2.24, 2.45) is 5.92 Å². The third-order valence-electron chi connectivity index (χ3n) is 5.64. The molecule has 1 saturated heterocycles. The van der Waals surface area contributed by atoms with Gasteiger partial charge in [-0.3, -0.25) is 9.59 Å². The number of amides is 1. The molecular weight excluding hydrogens is 339 g/mol. The molecule has 1 amide bonds. The second kappa shape index (κ2) is 6.23. The Hall–Kier alpha value is -2.70. The van der Waals surface area contributed by atoms with Gasteiger partial charge in [0, 0.05) is 17.5 Å². The molecule has 0 unspecified atom stereocenters. The Morgan fingerprint density at radius 2 is 1.96 bits per heavy atom. The fourth-order valence-corrected chi connectivity index (χ4v) is 4.52. The predicted molar refractivity (Wildman–Crippen MR) is 92.5 cm³/mol. The fraction of sp³-hybridized carbons (Fsp3) is 0.421. The second-order valence-corrected chi connectivity index (χ2v) is 7.15. The van der Waals surface area contributed by atoms with Crippen LogP contribution in [0.25, 0.3) is 10.9 Å². The predicted octanol–water partition coefficient (Wildman–Crippen LogP) is 2.53. The number of halogens is 1. The number of H-pyrrole nitrogens is 1. The van der Waals surface area contributed by atoms with Gasteiger partial charge >= 0.3 is 5.97 Å². The molecule has 2 aliphatic rings. The number of hydrogen-bond acceptors (Lipinski definition) is 3. The van der Waals surface area contributed by atoms with Crippen molar-refractivity contribution in [3.05, 3.63) is 46.0 Å². The number of nitrogens with zero attached hydrogens (tertiary/aromatic N) is 1. The molecule has 136 valence electrons. The van der Waals surface area contributed by atoms with Gasteiger partial charge in [-0.1, -0.05) is 12.8 Å². The number of carboxylic acids is 1. The van der Waals surface area contributed by atoms with Crippen molar-refractivity contribution >= 4 is 22.8 Å². The van der Waals surface area contributed by atoms with Gasteiger partial charge in [0.15, 0.2) is 0 Å². The average molecular weight is 358 g/mol. The minimum absolute atomic E-state index is 0.118. The molecule has 0 spiro atoms. The number of fused-ring (bicyclic) bond motifs is 2. The van der Waals surface area contributed by atoms with Crippen LogP contribution >= 0.6 is 0 Å². The van der Waals surface area contributed by atoms with Crippen LogP contribution in [0.2, 0.25) is 0 Å². The Bertz CT molecular complexity index is 954. The maximum atomic E-state index is 13.5. The standard InChI is InChI=1S/C19H19FN2O4/c20-11-5-6-12-13(9-17(23)21-14(12)8-11)18(24)22-15-4-2-1-3-10(15)7-16(22)19(25)26/h5-6,8-10,15-16H,1-4,7H2,(H,21,23)(H,25,26)/t10-,15-,16-/m0/s1. The molecule has 3 atom stereocenters.